The Bertz CT molecular complexity index is 582. The van der Waals surface area contributed by atoms with Gasteiger partial charge < -0.3 is 5.32 Å². The van der Waals surface area contributed by atoms with Gasteiger partial charge in [0.05, 0.1) is 6.04 Å². The Labute approximate surface area is 127 Å². The van der Waals surface area contributed by atoms with Crippen LogP contribution in [0.1, 0.15) is 17.2 Å². The van der Waals surface area contributed by atoms with Gasteiger partial charge >= 0.3 is 0 Å². The van der Waals surface area contributed by atoms with Gasteiger partial charge in [-0.3, -0.25) is 0 Å². The molecule has 100 valence electrons. The zero-order chi connectivity index (χ0) is 14.0. The zero-order valence-corrected chi connectivity index (χ0v) is 13.2. The number of benzene rings is 2. The molecule has 0 amide bonds. The number of rotatable bonds is 3. The molecule has 1 nitrogen and oxygen atoms in total. The second-order valence-corrected chi connectivity index (χ2v) is 5.79. The second-order valence-electron chi connectivity index (χ2n) is 4.02. The average Bonchev–Trinajstić information content (AvgIpc) is 2.37. The maximum Gasteiger partial charge on any atom is 0.129 e. The number of nitrogens with one attached hydrogen (secondary N) is 1. The molecule has 2 aromatic rings. The first kappa shape index (κ1) is 14.6. The van der Waals surface area contributed by atoms with E-state index in [9.17, 15) is 8.78 Å². The molecule has 1 N–H and O–H groups in total. The minimum Gasteiger partial charge on any atom is -0.309 e. The molecular formula is C14H11Br2F2N. The molecule has 1 unspecified atom stereocenters. The predicted molar refractivity (Wildman–Crippen MR) is 79.1 cm³/mol. The summed E-state index contributed by atoms with van der Waals surface area (Å²) in [5.74, 6) is -0.759. The maximum atomic E-state index is 14.0. The van der Waals surface area contributed by atoms with Crippen LogP contribution in [0, 0.1) is 11.6 Å². The molecule has 0 saturated carbocycles. The van der Waals surface area contributed by atoms with Crippen molar-refractivity contribution in [1.29, 1.82) is 0 Å². The van der Waals surface area contributed by atoms with Crippen molar-refractivity contribution in [2.45, 2.75) is 6.04 Å². The smallest absolute Gasteiger partial charge is 0.129 e. The summed E-state index contributed by atoms with van der Waals surface area (Å²) in [5.41, 5.74) is 0.782. The first-order valence-electron chi connectivity index (χ1n) is 5.60. The van der Waals surface area contributed by atoms with Crippen LogP contribution in [-0.2, 0) is 0 Å². The topological polar surface area (TPSA) is 12.0 Å². The normalized spacial score (nSPS) is 12.5. The highest BCUT2D eigenvalue weighted by atomic mass is 79.9. The van der Waals surface area contributed by atoms with Gasteiger partial charge in [-0.15, -0.1) is 0 Å². The minimum atomic E-state index is -0.562. The van der Waals surface area contributed by atoms with Crippen molar-refractivity contribution < 1.29 is 8.78 Å². The van der Waals surface area contributed by atoms with Crippen molar-refractivity contribution in [3.63, 3.8) is 0 Å². The molecule has 0 fully saturated rings. The van der Waals surface area contributed by atoms with Gasteiger partial charge in [0.15, 0.2) is 0 Å². The van der Waals surface area contributed by atoms with E-state index < -0.39 is 6.04 Å². The molecule has 0 aliphatic rings. The summed E-state index contributed by atoms with van der Waals surface area (Å²) in [7, 11) is 1.67. The van der Waals surface area contributed by atoms with E-state index >= 15 is 0 Å². The van der Waals surface area contributed by atoms with Gasteiger partial charge in [-0.1, -0.05) is 37.9 Å². The van der Waals surface area contributed by atoms with E-state index in [0.29, 0.717) is 15.6 Å². The van der Waals surface area contributed by atoms with Gasteiger partial charge in [-0.05, 0) is 37.4 Å². The molecule has 0 radical (unpaired) electrons. The van der Waals surface area contributed by atoms with Crippen molar-refractivity contribution in [1.82, 2.24) is 5.32 Å². The lowest BCUT2D eigenvalue weighted by atomic mass is 9.98. The van der Waals surface area contributed by atoms with Crippen LogP contribution in [0.2, 0.25) is 0 Å². The van der Waals surface area contributed by atoms with Crippen LogP contribution in [0.4, 0.5) is 8.78 Å². The van der Waals surface area contributed by atoms with E-state index in [4.69, 9.17) is 0 Å². The molecule has 1 atom stereocenters. The predicted octanol–water partition coefficient (Wildman–Crippen LogP) is 4.80. The average molecular weight is 391 g/mol. The van der Waals surface area contributed by atoms with E-state index in [-0.39, 0.29) is 11.6 Å². The molecule has 2 aromatic carbocycles. The SMILES string of the molecule is CNC(c1cc(Br)ccc1F)c1c(F)cccc1Br. The molecule has 19 heavy (non-hydrogen) atoms. The van der Waals surface area contributed by atoms with Gasteiger partial charge in [0.1, 0.15) is 11.6 Å². The second kappa shape index (κ2) is 6.11. The Kier molecular flexibility index (Phi) is 4.71. The largest absolute Gasteiger partial charge is 0.309 e. The van der Waals surface area contributed by atoms with E-state index in [0.717, 1.165) is 4.47 Å². The van der Waals surface area contributed by atoms with Crippen LogP contribution >= 0.6 is 31.9 Å². The summed E-state index contributed by atoms with van der Waals surface area (Å²) in [6, 6.07) is 8.76. The Morgan fingerprint density at radius 2 is 1.79 bits per heavy atom. The third-order valence-corrected chi connectivity index (χ3v) is 4.03. The molecule has 0 aliphatic carbocycles. The summed E-state index contributed by atoms with van der Waals surface area (Å²) in [6.07, 6.45) is 0. The lowest BCUT2D eigenvalue weighted by Crippen LogP contribution is -2.20. The Hall–Kier alpha value is -0.780. The van der Waals surface area contributed by atoms with Crippen LogP contribution in [0.5, 0.6) is 0 Å². The van der Waals surface area contributed by atoms with E-state index in [2.05, 4.69) is 37.2 Å². The summed E-state index contributed by atoms with van der Waals surface area (Å²) in [6.45, 7) is 0. The molecular weight excluding hydrogens is 380 g/mol. The van der Waals surface area contributed by atoms with Gasteiger partial charge in [0.2, 0.25) is 0 Å². The fraction of sp³-hybridized carbons (Fsp3) is 0.143. The fourth-order valence-corrected chi connectivity index (χ4v) is 2.93. The highest BCUT2D eigenvalue weighted by Crippen LogP contribution is 2.33. The van der Waals surface area contributed by atoms with Gasteiger partial charge in [0.25, 0.3) is 0 Å². The van der Waals surface area contributed by atoms with Crippen LogP contribution in [-0.4, -0.2) is 7.05 Å². The van der Waals surface area contributed by atoms with E-state index in [1.807, 2.05) is 0 Å². The first-order valence-corrected chi connectivity index (χ1v) is 7.19. The maximum absolute atomic E-state index is 14.0. The van der Waals surface area contributed by atoms with Crippen molar-refractivity contribution >= 4 is 31.9 Å². The number of hydrogen-bond donors (Lipinski definition) is 1. The standard InChI is InChI=1S/C14H11Br2F2N/c1-19-14(9-7-8(15)5-6-11(9)17)13-10(16)3-2-4-12(13)18/h2-7,14,19H,1H3. The van der Waals surface area contributed by atoms with E-state index in [1.165, 1.54) is 12.1 Å². The summed E-state index contributed by atoms with van der Waals surface area (Å²) in [5, 5.41) is 2.95. The summed E-state index contributed by atoms with van der Waals surface area (Å²) >= 11 is 6.62. The highest BCUT2D eigenvalue weighted by Gasteiger charge is 2.22. The molecule has 2 rings (SSSR count). The van der Waals surface area contributed by atoms with Crippen molar-refractivity contribution in [2.24, 2.45) is 0 Å². The van der Waals surface area contributed by atoms with Gasteiger partial charge in [-0.2, -0.15) is 0 Å². The van der Waals surface area contributed by atoms with Crippen LogP contribution in [0.15, 0.2) is 45.3 Å². The van der Waals surface area contributed by atoms with Gasteiger partial charge in [-0.25, -0.2) is 8.78 Å². The van der Waals surface area contributed by atoms with Crippen LogP contribution in [0.3, 0.4) is 0 Å². The summed E-state index contributed by atoms with van der Waals surface area (Å²) < 4.78 is 29.3. The molecule has 5 heteroatoms. The highest BCUT2D eigenvalue weighted by molar-refractivity contribution is 9.10. The fourth-order valence-electron chi connectivity index (χ4n) is 1.98. The molecule has 0 heterocycles. The zero-order valence-electron chi connectivity index (χ0n) is 10.1. The lowest BCUT2D eigenvalue weighted by Gasteiger charge is -2.20. The molecule has 0 aliphatic heterocycles. The quantitative estimate of drug-likeness (QED) is 0.793. The van der Waals surface area contributed by atoms with Crippen molar-refractivity contribution in [3.8, 4) is 0 Å². The van der Waals surface area contributed by atoms with Crippen molar-refractivity contribution in [3.05, 3.63) is 68.1 Å². The first-order chi connectivity index (χ1) is 9.04. The third kappa shape index (κ3) is 3.04. The molecule has 0 aromatic heterocycles. The van der Waals surface area contributed by atoms with Gasteiger partial charge in [0, 0.05) is 20.1 Å². The third-order valence-electron chi connectivity index (χ3n) is 2.85. The Balaban J connectivity index is 2.59. The lowest BCUT2D eigenvalue weighted by molar-refractivity contribution is 0.545. The Morgan fingerprint density at radius 1 is 1.05 bits per heavy atom. The summed E-state index contributed by atoms with van der Waals surface area (Å²) in [4.78, 5) is 0. The molecule has 0 spiro atoms. The minimum absolute atomic E-state index is 0.377. The number of halogens is 4. The van der Waals surface area contributed by atoms with Crippen LogP contribution in [0.25, 0.3) is 0 Å². The monoisotopic (exact) mass is 389 g/mol. The molecule has 0 saturated heterocycles. The van der Waals surface area contributed by atoms with E-state index in [1.54, 1.807) is 31.3 Å². The number of hydrogen-bond acceptors (Lipinski definition) is 1. The van der Waals surface area contributed by atoms with Crippen molar-refractivity contribution in [2.75, 3.05) is 7.05 Å². The van der Waals surface area contributed by atoms with Crippen LogP contribution < -0.4 is 5.32 Å². The Morgan fingerprint density at radius 3 is 2.42 bits per heavy atom. The molecule has 0 bridgehead atoms.